The third-order valence-electron chi connectivity index (χ3n) is 9.28. The van der Waals surface area contributed by atoms with Crippen molar-refractivity contribution in [1.82, 2.24) is 4.90 Å². The first-order valence-electron chi connectivity index (χ1n) is 14.1. The molecule has 2 N–H and O–H groups in total. The van der Waals surface area contributed by atoms with Crippen LogP contribution in [0.3, 0.4) is 0 Å². The van der Waals surface area contributed by atoms with Crippen LogP contribution in [0.25, 0.3) is 0 Å². The lowest BCUT2D eigenvalue weighted by Crippen LogP contribution is -2.55. The molecule has 0 aliphatic carbocycles. The summed E-state index contributed by atoms with van der Waals surface area (Å²) in [5, 5.41) is 21.7. The summed E-state index contributed by atoms with van der Waals surface area (Å²) in [5.41, 5.74) is -2.67. The number of nitrogens with zero attached hydrogens (tertiary/aromatic N) is 1. The van der Waals surface area contributed by atoms with Gasteiger partial charge in [-0.05, 0) is 59.5 Å². The molecule has 0 bridgehead atoms. The quantitative estimate of drug-likeness (QED) is 0.516. The summed E-state index contributed by atoms with van der Waals surface area (Å²) in [4.78, 5) is 28.7. The predicted octanol–water partition coefficient (Wildman–Crippen LogP) is 3.04. The summed E-state index contributed by atoms with van der Waals surface area (Å²) in [6, 6.07) is 0.299. The summed E-state index contributed by atoms with van der Waals surface area (Å²) in [7, 11) is 5.72. The van der Waals surface area contributed by atoms with E-state index < -0.39 is 60.0 Å². The number of hydrogen-bond donors (Lipinski definition) is 2. The van der Waals surface area contributed by atoms with Gasteiger partial charge in [0.1, 0.15) is 18.0 Å². The molecule has 0 aromatic rings. The first-order chi connectivity index (χ1) is 17.4. The molecule has 2 aliphatic rings. The molecule has 0 aromatic heterocycles. The van der Waals surface area contributed by atoms with Gasteiger partial charge < -0.3 is 34.1 Å². The van der Waals surface area contributed by atoms with Gasteiger partial charge >= 0.3 is 5.97 Å². The van der Waals surface area contributed by atoms with Crippen molar-refractivity contribution in [1.29, 1.82) is 0 Å². The molecule has 0 spiro atoms. The Bertz CT molecular complexity index is 803. The van der Waals surface area contributed by atoms with Gasteiger partial charge in [0.25, 0.3) is 0 Å². The molecule has 0 amide bonds. The zero-order valence-electron chi connectivity index (χ0n) is 25.4. The lowest BCUT2D eigenvalue weighted by molar-refractivity contribution is -0.268. The SMILES string of the molecule is CO[C@]1(C)C[C@@H](C)C(=O)C(C)C(O)[C@](C)(O)COC(=O)C(C)[C@@H](C)[C@H](C)[C@H]1OC1CC(N(C)C)CC(C)O1. The molecule has 0 saturated carbocycles. The lowest BCUT2D eigenvalue weighted by Gasteiger charge is -2.47. The summed E-state index contributed by atoms with van der Waals surface area (Å²) < 4.78 is 24.6. The standard InChI is InChI=1S/C29H53NO8/c1-16-14-29(8,35-11)26(38-23-13-22(30(9)10)12-17(2)37-23)19(4)18(3)20(5)27(33)36-15-28(7,34)25(32)21(6)24(16)31/h16-23,25-26,32,34H,12-15H2,1-11H3/t16-,17?,18+,19+,20?,21?,22?,23?,25?,26-,28-,29-/m1/s1. The average Bonchev–Trinajstić information content (AvgIpc) is 2.86. The number of hydrogen-bond acceptors (Lipinski definition) is 9. The van der Waals surface area contributed by atoms with E-state index in [9.17, 15) is 19.8 Å². The number of ketones is 1. The van der Waals surface area contributed by atoms with Gasteiger partial charge in [-0.15, -0.1) is 0 Å². The van der Waals surface area contributed by atoms with Crippen LogP contribution in [-0.2, 0) is 28.5 Å². The van der Waals surface area contributed by atoms with E-state index >= 15 is 0 Å². The van der Waals surface area contributed by atoms with Gasteiger partial charge in [-0.25, -0.2) is 0 Å². The summed E-state index contributed by atoms with van der Waals surface area (Å²) in [5.74, 6) is -2.91. The van der Waals surface area contributed by atoms with Crippen LogP contribution in [0.4, 0.5) is 0 Å². The van der Waals surface area contributed by atoms with Crippen LogP contribution in [0, 0.1) is 29.6 Å². The van der Waals surface area contributed by atoms with Crippen LogP contribution in [0.2, 0.25) is 0 Å². The molecule has 2 fully saturated rings. The second kappa shape index (κ2) is 13.0. The van der Waals surface area contributed by atoms with Crippen LogP contribution < -0.4 is 0 Å². The van der Waals surface area contributed by atoms with E-state index in [0.717, 1.165) is 6.42 Å². The Hall–Kier alpha value is -1.10. The van der Waals surface area contributed by atoms with Crippen molar-refractivity contribution >= 4 is 11.8 Å². The zero-order chi connectivity index (χ0) is 29.2. The molecule has 2 saturated heterocycles. The minimum Gasteiger partial charge on any atom is -0.462 e. The van der Waals surface area contributed by atoms with Gasteiger partial charge in [-0.1, -0.05) is 34.6 Å². The number of cyclic esters (lactones) is 1. The van der Waals surface area contributed by atoms with Crippen molar-refractivity contribution in [2.75, 3.05) is 27.8 Å². The normalized spacial score (nSPS) is 46.5. The second-order valence-corrected chi connectivity index (χ2v) is 12.8. The van der Waals surface area contributed by atoms with Gasteiger partial charge in [0.05, 0.1) is 29.8 Å². The van der Waals surface area contributed by atoms with E-state index in [1.165, 1.54) is 6.92 Å². The van der Waals surface area contributed by atoms with Crippen molar-refractivity contribution in [3.8, 4) is 0 Å². The number of rotatable bonds is 4. The van der Waals surface area contributed by atoms with Gasteiger partial charge in [0, 0.05) is 31.4 Å². The fraction of sp³-hybridized carbons (Fsp3) is 0.931. The van der Waals surface area contributed by atoms with Gasteiger partial charge in [-0.3, -0.25) is 9.59 Å². The van der Waals surface area contributed by atoms with E-state index in [-0.39, 0.29) is 23.7 Å². The Morgan fingerprint density at radius 1 is 0.974 bits per heavy atom. The molecule has 2 aliphatic heterocycles. The Balaban J connectivity index is 2.50. The lowest BCUT2D eigenvalue weighted by atomic mass is 9.72. The van der Waals surface area contributed by atoms with E-state index in [0.29, 0.717) is 18.9 Å². The molecule has 38 heavy (non-hydrogen) atoms. The zero-order valence-corrected chi connectivity index (χ0v) is 25.4. The predicted molar refractivity (Wildman–Crippen MR) is 144 cm³/mol. The van der Waals surface area contributed by atoms with Crippen molar-refractivity contribution in [3.63, 3.8) is 0 Å². The number of aliphatic hydroxyl groups excluding tert-OH is 1. The van der Waals surface area contributed by atoms with E-state index in [2.05, 4.69) is 19.0 Å². The van der Waals surface area contributed by atoms with E-state index in [1.54, 1.807) is 21.0 Å². The average molecular weight is 544 g/mol. The first-order valence-corrected chi connectivity index (χ1v) is 14.1. The van der Waals surface area contributed by atoms with Crippen LogP contribution >= 0.6 is 0 Å². The topological polar surface area (TPSA) is 115 Å². The minimum atomic E-state index is -1.77. The smallest absolute Gasteiger partial charge is 0.309 e. The number of aliphatic hydroxyl groups is 2. The van der Waals surface area contributed by atoms with Crippen LogP contribution in [-0.4, -0.2) is 96.5 Å². The molecule has 12 atom stereocenters. The maximum Gasteiger partial charge on any atom is 0.309 e. The number of Topliss-reactive ketones (excluding diaryl/α,β-unsaturated/α-hetero) is 1. The highest BCUT2D eigenvalue weighted by Crippen LogP contribution is 2.40. The van der Waals surface area contributed by atoms with Crippen LogP contribution in [0.5, 0.6) is 0 Å². The maximum absolute atomic E-state index is 13.4. The monoisotopic (exact) mass is 543 g/mol. The summed E-state index contributed by atoms with van der Waals surface area (Å²) in [6.07, 6.45) is -0.420. The van der Waals surface area contributed by atoms with Gasteiger partial charge in [0.15, 0.2) is 6.29 Å². The summed E-state index contributed by atoms with van der Waals surface area (Å²) in [6.45, 7) is 14.2. The van der Waals surface area contributed by atoms with Crippen molar-refractivity contribution in [3.05, 3.63) is 0 Å². The third kappa shape index (κ3) is 7.55. The fourth-order valence-electron chi connectivity index (χ4n) is 6.12. The number of methoxy groups -OCH3 is 1. The molecular weight excluding hydrogens is 490 g/mol. The molecule has 0 aromatic carbocycles. The largest absolute Gasteiger partial charge is 0.462 e. The van der Waals surface area contributed by atoms with Crippen molar-refractivity contribution in [2.24, 2.45) is 29.6 Å². The van der Waals surface area contributed by atoms with E-state index in [4.69, 9.17) is 18.9 Å². The van der Waals surface area contributed by atoms with Crippen LogP contribution in [0.15, 0.2) is 0 Å². The Morgan fingerprint density at radius 2 is 1.58 bits per heavy atom. The molecule has 2 heterocycles. The maximum atomic E-state index is 13.4. The van der Waals surface area contributed by atoms with Crippen molar-refractivity contribution in [2.45, 2.75) is 116 Å². The molecular formula is C29H53NO8. The number of carbonyl (C=O) groups excluding carboxylic acids is 2. The number of esters is 1. The molecule has 2 rings (SSSR count). The summed E-state index contributed by atoms with van der Waals surface area (Å²) >= 11 is 0. The highest BCUT2D eigenvalue weighted by atomic mass is 16.7. The fourth-order valence-corrected chi connectivity index (χ4v) is 6.12. The molecule has 222 valence electrons. The van der Waals surface area contributed by atoms with E-state index in [1.807, 2.05) is 34.6 Å². The second-order valence-electron chi connectivity index (χ2n) is 12.8. The van der Waals surface area contributed by atoms with Crippen LogP contribution in [0.1, 0.15) is 74.7 Å². The number of carbonyl (C=O) groups is 2. The Kier molecular flexibility index (Phi) is 11.4. The van der Waals surface area contributed by atoms with Gasteiger partial charge in [-0.2, -0.15) is 0 Å². The highest BCUT2D eigenvalue weighted by Gasteiger charge is 2.48. The van der Waals surface area contributed by atoms with Crippen molar-refractivity contribution < 1.29 is 38.7 Å². The molecule has 9 heteroatoms. The highest BCUT2D eigenvalue weighted by molar-refractivity contribution is 5.83. The Labute approximate surface area is 229 Å². The molecule has 6 unspecified atom stereocenters. The minimum absolute atomic E-state index is 0.0192. The molecule has 9 nitrogen and oxygen atoms in total. The molecule has 0 radical (unpaired) electrons. The third-order valence-corrected chi connectivity index (χ3v) is 9.28. The first kappa shape index (κ1) is 33.1. The van der Waals surface area contributed by atoms with Gasteiger partial charge in [0.2, 0.25) is 0 Å². The Morgan fingerprint density at radius 3 is 2.13 bits per heavy atom. The number of ether oxygens (including phenoxy) is 4.